The van der Waals surface area contributed by atoms with E-state index in [1.165, 1.54) is 25.1 Å². The Kier molecular flexibility index (Phi) is 3.97. The largest absolute Gasteiger partial charge is 0.273 e. The normalized spacial score (nSPS) is 11.3. The first-order valence-corrected chi connectivity index (χ1v) is 6.31. The lowest BCUT2D eigenvalue weighted by molar-refractivity contribution is -0.385. The van der Waals surface area contributed by atoms with E-state index >= 15 is 0 Å². The Bertz CT molecular complexity index is 484. The van der Waals surface area contributed by atoms with Gasteiger partial charge in [0.05, 0.1) is 10.7 Å². The van der Waals surface area contributed by atoms with Gasteiger partial charge < -0.3 is 0 Å². The molecule has 16 heavy (non-hydrogen) atoms. The Morgan fingerprint density at radius 1 is 1.38 bits per heavy atom. The van der Waals surface area contributed by atoms with Gasteiger partial charge in [-0.2, -0.15) is 0 Å². The first-order chi connectivity index (χ1) is 7.46. The minimum atomic E-state index is -3.33. The third-order valence-corrected chi connectivity index (χ3v) is 3.40. The van der Waals surface area contributed by atoms with Crippen molar-refractivity contribution in [1.82, 2.24) is 4.72 Å². The highest BCUT2D eigenvalue weighted by atomic mass is 32.2. The van der Waals surface area contributed by atoms with Crippen LogP contribution in [0.15, 0.2) is 24.3 Å². The van der Waals surface area contributed by atoms with E-state index in [9.17, 15) is 18.5 Å². The standard InChI is InChI=1S/C9H12N2O4S/c1-2-16(14,15)10-7-8-5-3-4-6-9(8)11(12)13/h3-6,10H,2,7H2,1H3. The second-order valence-electron chi connectivity index (χ2n) is 3.11. The molecule has 0 aromatic heterocycles. The number of nitro benzene ring substituents is 1. The number of nitrogens with one attached hydrogen (secondary N) is 1. The fourth-order valence-corrected chi connectivity index (χ4v) is 1.71. The number of para-hydroxylation sites is 1. The Morgan fingerprint density at radius 3 is 2.56 bits per heavy atom. The van der Waals surface area contributed by atoms with E-state index in [1.54, 1.807) is 6.07 Å². The van der Waals surface area contributed by atoms with Crippen LogP contribution in [0.2, 0.25) is 0 Å². The van der Waals surface area contributed by atoms with Crippen molar-refractivity contribution in [3.63, 3.8) is 0 Å². The zero-order valence-electron chi connectivity index (χ0n) is 8.71. The highest BCUT2D eigenvalue weighted by Crippen LogP contribution is 2.17. The van der Waals surface area contributed by atoms with Gasteiger partial charge in [-0.1, -0.05) is 18.2 Å². The second-order valence-corrected chi connectivity index (χ2v) is 5.21. The smallest absolute Gasteiger partial charge is 0.258 e. The van der Waals surface area contributed by atoms with E-state index < -0.39 is 14.9 Å². The zero-order valence-corrected chi connectivity index (χ0v) is 9.53. The lowest BCUT2D eigenvalue weighted by Crippen LogP contribution is -2.25. The summed E-state index contributed by atoms with van der Waals surface area (Å²) in [4.78, 5) is 10.1. The maximum Gasteiger partial charge on any atom is 0.273 e. The van der Waals surface area contributed by atoms with Crippen molar-refractivity contribution in [2.75, 3.05) is 5.75 Å². The fraction of sp³-hybridized carbons (Fsp3) is 0.333. The number of nitro groups is 1. The molecule has 0 amide bonds. The Labute approximate surface area is 93.5 Å². The summed E-state index contributed by atoms with van der Waals surface area (Å²) >= 11 is 0. The molecule has 1 rings (SSSR count). The summed E-state index contributed by atoms with van der Waals surface area (Å²) in [6, 6.07) is 6.03. The average Bonchev–Trinajstić information content (AvgIpc) is 2.27. The van der Waals surface area contributed by atoms with Crippen LogP contribution in [-0.4, -0.2) is 19.1 Å². The Morgan fingerprint density at radius 2 is 2.00 bits per heavy atom. The lowest BCUT2D eigenvalue weighted by atomic mass is 10.2. The van der Waals surface area contributed by atoms with E-state index in [4.69, 9.17) is 0 Å². The third-order valence-electron chi connectivity index (χ3n) is 2.05. The zero-order chi connectivity index (χ0) is 12.2. The fourth-order valence-electron chi connectivity index (χ4n) is 1.13. The van der Waals surface area contributed by atoms with Crippen molar-refractivity contribution in [1.29, 1.82) is 0 Å². The van der Waals surface area contributed by atoms with Crippen molar-refractivity contribution in [2.24, 2.45) is 0 Å². The van der Waals surface area contributed by atoms with Gasteiger partial charge >= 0.3 is 0 Å². The SMILES string of the molecule is CCS(=O)(=O)NCc1ccccc1[N+](=O)[O-]. The molecule has 1 aromatic carbocycles. The molecule has 7 heteroatoms. The molecule has 6 nitrogen and oxygen atoms in total. The third kappa shape index (κ3) is 3.28. The summed E-state index contributed by atoms with van der Waals surface area (Å²) < 4.78 is 24.6. The molecule has 0 aliphatic carbocycles. The molecule has 1 N–H and O–H groups in total. The molecule has 0 atom stereocenters. The summed E-state index contributed by atoms with van der Waals surface area (Å²) in [5.41, 5.74) is 0.269. The summed E-state index contributed by atoms with van der Waals surface area (Å²) in [6.07, 6.45) is 0. The highest BCUT2D eigenvalue weighted by Gasteiger charge is 2.14. The molecule has 0 fully saturated rings. The van der Waals surface area contributed by atoms with Crippen molar-refractivity contribution >= 4 is 15.7 Å². The Balaban J connectivity index is 2.86. The van der Waals surface area contributed by atoms with Crippen LogP contribution >= 0.6 is 0 Å². The highest BCUT2D eigenvalue weighted by molar-refractivity contribution is 7.89. The van der Waals surface area contributed by atoms with Gasteiger partial charge in [0.15, 0.2) is 0 Å². The van der Waals surface area contributed by atoms with Crippen LogP contribution in [-0.2, 0) is 16.6 Å². The number of hydrogen-bond acceptors (Lipinski definition) is 4. The monoisotopic (exact) mass is 244 g/mol. The van der Waals surface area contributed by atoms with Gasteiger partial charge in [0.25, 0.3) is 5.69 Å². The van der Waals surface area contributed by atoms with Gasteiger partial charge in [0.2, 0.25) is 10.0 Å². The molecule has 0 radical (unpaired) electrons. The molecule has 0 saturated carbocycles. The molecule has 88 valence electrons. The number of benzene rings is 1. The maximum atomic E-state index is 11.2. The average molecular weight is 244 g/mol. The van der Waals surface area contributed by atoms with Crippen LogP contribution in [0.3, 0.4) is 0 Å². The van der Waals surface area contributed by atoms with Crippen LogP contribution in [0.25, 0.3) is 0 Å². The van der Waals surface area contributed by atoms with E-state index in [2.05, 4.69) is 4.72 Å². The molecule has 0 bridgehead atoms. The molecule has 0 spiro atoms. The van der Waals surface area contributed by atoms with Crippen LogP contribution in [0.1, 0.15) is 12.5 Å². The van der Waals surface area contributed by atoms with Gasteiger partial charge in [-0.3, -0.25) is 10.1 Å². The van der Waals surface area contributed by atoms with E-state index in [-0.39, 0.29) is 18.0 Å². The summed E-state index contributed by atoms with van der Waals surface area (Å²) in [7, 11) is -3.33. The van der Waals surface area contributed by atoms with Gasteiger partial charge in [0, 0.05) is 18.2 Å². The van der Waals surface area contributed by atoms with Gasteiger partial charge in [-0.15, -0.1) is 0 Å². The minimum Gasteiger partial charge on any atom is -0.258 e. The van der Waals surface area contributed by atoms with Gasteiger partial charge in [-0.05, 0) is 6.92 Å². The Hall–Kier alpha value is -1.47. The van der Waals surface area contributed by atoms with Gasteiger partial charge in [0.1, 0.15) is 0 Å². The number of rotatable bonds is 5. The maximum absolute atomic E-state index is 11.2. The molecule has 0 unspecified atom stereocenters. The van der Waals surface area contributed by atoms with Crippen LogP contribution in [0.5, 0.6) is 0 Å². The molecule has 0 saturated heterocycles. The van der Waals surface area contributed by atoms with Crippen molar-refractivity contribution in [3.8, 4) is 0 Å². The topological polar surface area (TPSA) is 89.3 Å². The second kappa shape index (κ2) is 5.04. The molecular formula is C9H12N2O4S. The first-order valence-electron chi connectivity index (χ1n) is 4.66. The van der Waals surface area contributed by atoms with E-state index in [0.717, 1.165) is 0 Å². The summed E-state index contributed by atoms with van der Waals surface area (Å²) in [6.45, 7) is 1.44. The molecule has 1 aromatic rings. The quantitative estimate of drug-likeness (QED) is 0.619. The molecule has 0 aliphatic heterocycles. The van der Waals surface area contributed by atoms with Gasteiger partial charge in [-0.25, -0.2) is 13.1 Å². The predicted octanol–water partition coefficient (Wildman–Crippen LogP) is 1.03. The van der Waals surface area contributed by atoms with Crippen molar-refractivity contribution in [3.05, 3.63) is 39.9 Å². The van der Waals surface area contributed by atoms with Crippen molar-refractivity contribution in [2.45, 2.75) is 13.5 Å². The van der Waals surface area contributed by atoms with Crippen LogP contribution in [0.4, 0.5) is 5.69 Å². The minimum absolute atomic E-state index is 0.0480. The summed E-state index contributed by atoms with van der Waals surface area (Å²) in [5.74, 6) is -0.0480. The number of sulfonamides is 1. The molecule has 0 aliphatic rings. The van der Waals surface area contributed by atoms with Crippen LogP contribution < -0.4 is 4.72 Å². The molecular weight excluding hydrogens is 232 g/mol. The summed E-state index contributed by atoms with van der Waals surface area (Å²) in [5, 5.41) is 10.6. The van der Waals surface area contributed by atoms with E-state index in [1.807, 2.05) is 0 Å². The van der Waals surface area contributed by atoms with Crippen LogP contribution in [0, 0.1) is 10.1 Å². The van der Waals surface area contributed by atoms with Crippen molar-refractivity contribution < 1.29 is 13.3 Å². The molecule has 0 heterocycles. The number of nitrogens with zero attached hydrogens (tertiary/aromatic N) is 1. The predicted molar refractivity (Wildman–Crippen MR) is 59.4 cm³/mol. The van der Waals surface area contributed by atoms with E-state index in [0.29, 0.717) is 5.56 Å². The lowest BCUT2D eigenvalue weighted by Gasteiger charge is -2.04. The number of hydrogen-bond donors (Lipinski definition) is 1. The first kappa shape index (κ1) is 12.6.